The van der Waals surface area contributed by atoms with Crippen LogP contribution in [0.5, 0.6) is 0 Å². The highest BCUT2D eigenvalue weighted by atomic mass is 35.5. The van der Waals surface area contributed by atoms with E-state index in [9.17, 15) is 4.79 Å². The smallest absolute Gasteiger partial charge is 0.240 e. The topological polar surface area (TPSA) is 59.4 Å². The molecular weight excluding hydrogens is 320 g/mol. The van der Waals surface area contributed by atoms with E-state index < -0.39 is 0 Å². The average Bonchev–Trinajstić information content (AvgIpc) is 2.95. The van der Waals surface area contributed by atoms with Gasteiger partial charge in [0.2, 0.25) is 5.91 Å². The molecule has 0 aromatic heterocycles. The molecule has 0 spiro atoms. The summed E-state index contributed by atoms with van der Waals surface area (Å²) < 4.78 is 0. The number of amides is 1. The molecule has 1 N–H and O–H groups in total. The molecule has 0 aromatic rings. The number of hydrogen-bond acceptors (Lipinski definition) is 5. The van der Waals surface area contributed by atoms with Gasteiger partial charge in [0, 0.05) is 17.8 Å². The van der Waals surface area contributed by atoms with Crippen LogP contribution >= 0.6 is 24.2 Å². The van der Waals surface area contributed by atoms with Gasteiger partial charge in [-0.3, -0.25) is 10.2 Å². The molecule has 126 valence electrons. The summed E-state index contributed by atoms with van der Waals surface area (Å²) >= 11 is 1.66. The van der Waals surface area contributed by atoms with Crippen LogP contribution in [-0.4, -0.2) is 52.1 Å². The third kappa shape index (κ3) is 5.31. The lowest BCUT2D eigenvalue weighted by molar-refractivity contribution is -0.134. The maximum Gasteiger partial charge on any atom is 0.240 e. The van der Waals surface area contributed by atoms with E-state index in [1.807, 2.05) is 0 Å². The minimum Gasteiger partial charge on any atom is -0.315 e. The Kier molecular flexibility index (Phi) is 8.55. The van der Waals surface area contributed by atoms with E-state index in [1.54, 1.807) is 16.7 Å². The molecule has 5 nitrogen and oxygen atoms in total. The highest BCUT2D eigenvalue weighted by molar-refractivity contribution is 7.99. The van der Waals surface area contributed by atoms with Gasteiger partial charge in [-0.25, -0.2) is 5.01 Å². The summed E-state index contributed by atoms with van der Waals surface area (Å²) in [5, 5.41) is 11.3. The number of hydrazine groups is 1. The highest BCUT2D eigenvalue weighted by Crippen LogP contribution is 2.24. The van der Waals surface area contributed by atoms with Crippen molar-refractivity contribution < 1.29 is 4.79 Å². The maximum absolute atomic E-state index is 12.5. The number of nitrogens with zero attached hydrogens (tertiary/aromatic N) is 3. The first-order valence-corrected chi connectivity index (χ1v) is 9.07. The largest absolute Gasteiger partial charge is 0.315 e. The molecule has 0 radical (unpaired) electrons. The first-order chi connectivity index (χ1) is 10.1. The standard InChI is InChI=1S/C15H26N4OS.ClH/c1-12(2)17-19(13-6-4-3-5-7-13)9-15(20)18-11-21-10-14(18)8-16;/h12-14,17H,3-7,9-11H2,1-2H3;1H. The van der Waals surface area contributed by atoms with Gasteiger partial charge in [0.15, 0.2) is 0 Å². The molecule has 2 aliphatic rings. The van der Waals surface area contributed by atoms with Gasteiger partial charge in [-0.15, -0.1) is 24.2 Å². The number of rotatable bonds is 5. The van der Waals surface area contributed by atoms with Crippen LogP contribution in [0.1, 0.15) is 46.0 Å². The van der Waals surface area contributed by atoms with Crippen LogP contribution in [0.4, 0.5) is 0 Å². The maximum atomic E-state index is 12.5. The quantitative estimate of drug-likeness (QED) is 0.774. The molecule has 1 aliphatic heterocycles. The summed E-state index contributed by atoms with van der Waals surface area (Å²) in [5.41, 5.74) is 3.43. The van der Waals surface area contributed by atoms with E-state index in [2.05, 4.69) is 30.4 Å². The lowest BCUT2D eigenvalue weighted by atomic mass is 9.95. The molecule has 22 heavy (non-hydrogen) atoms. The number of carbonyl (C=O) groups excluding carboxylic acids is 1. The van der Waals surface area contributed by atoms with E-state index in [1.165, 1.54) is 19.3 Å². The fourth-order valence-corrected chi connectivity index (χ4v) is 4.14. The zero-order valence-corrected chi connectivity index (χ0v) is 15.1. The molecule has 1 unspecified atom stereocenters. The van der Waals surface area contributed by atoms with Crippen molar-refractivity contribution in [1.29, 1.82) is 5.26 Å². The van der Waals surface area contributed by atoms with Crippen LogP contribution in [0.2, 0.25) is 0 Å². The number of carbonyl (C=O) groups is 1. The zero-order valence-electron chi connectivity index (χ0n) is 13.5. The Morgan fingerprint density at radius 2 is 2.09 bits per heavy atom. The molecule has 0 bridgehead atoms. The Hall–Kier alpha value is -0.480. The Bertz CT molecular complexity index is 395. The third-order valence-electron chi connectivity index (χ3n) is 4.10. The molecule has 2 fully saturated rings. The van der Waals surface area contributed by atoms with Gasteiger partial charge in [0.1, 0.15) is 6.04 Å². The summed E-state index contributed by atoms with van der Waals surface area (Å²) in [7, 11) is 0. The number of nitriles is 1. The van der Waals surface area contributed by atoms with E-state index in [0.717, 1.165) is 18.6 Å². The molecule has 1 saturated carbocycles. The molecular formula is C15H27ClN4OS. The predicted octanol–water partition coefficient (Wildman–Crippen LogP) is 2.38. The highest BCUT2D eigenvalue weighted by Gasteiger charge is 2.32. The zero-order chi connectivity index (χ0) is 15.2. The molecule has 1 heterocycles. The molecule has 1 amide bonds. The van der Waals surface area contributed by atoms with Crippen molar-refractivity contribution in [1.82, 2.24) is 15.3 Å². The minimum atomic E-state index is -0.255. The summed E-state index contributed by atoms with van der Waals surface area (Å²) in [6.45, 7) is 4.58. The number of nitrogens with one attached hydrogen (secondary N) is 1. The van der Waals surface area contributed by atoms with Crippen molar-refractivity contribution >= 4 is 30.1 Å². The second-order valence-corrected chi connectivity index (χ2v) is 7.21. The van der Waals surface area contributed by atoms with Crippen molar-refractivity contribution in [2.45, 2.75) is 64.1 Å². The van der Waals surface area contributed by atoms with Gasteiger partial charge in [0.25, 0.3) is 0 Å². The van der Waals surface area contributed by atoms with E-state index in [4.69, 9.17) is 5.26 Å². The van der Waals surface area contributed by atoms with E-state index in [-0.39, 0.29) is 24.4 Å². The molecule has 1 aliphatic carbocycles. The van der Waals surface area contributed by atoms with Crippen LogP contribution < -0.4 is 5.43 Å². The Labute approximate surface area is 144 Å². The van der Waals surface area contributed by atoms with E-state index >= 15 is 0 Å². The van der Waals surface area contributed by atoms with Gasteiger partial charge < -0.3 is 4.90 Å². The van der Waals surface area contributed by atoms with Gasteiger partial charge >= 0.3 is 0 Å². The lowest BCUT2D eigenvalue weighted by Crippen LogP contribution is -2.54. The van der Waals surface area contributed by atoms with Crippen molar-refractivity contribution in [2.24, 2.45) is 0 Å². The fraction of sp³-hybridized carbons (Fsp3) is 0.867. The Morgan fingerprint density at radius 3 is 2.68 bits per heavy atom. The number of hydrogen-bond donors (Lipinski definition) is 1. The van der Waals surface area contributed by atoms with Crippen LogP contribution in [-0.2, 0) is 4.79 Å². The summed E-state index contributed by atoms with van der Waals surface area (Å²) in [6, 6.07) is 2.74. The summed E-state index contributed by atoms with van der Waals surface area (Å²) in [4.78, 5) is 14.3. The minimum absolute atomic E-state index is 0. The molecule has 0 aromatic carbocycles. The van der Waals surface area contributed by atoms with Gasteiger partial charge in [-0.1, -0.05) is 19.3 Å². The first kappa shape index (κ1) is 19.6. The van der Waals surface area contributed by atoms with Crippen LogP contribution in [0.25, 0.3) is 0 Å². The SMILES string of the molecule is CC(C)NN(CC(=O)N1CSCC1C#N)C1CCCCC1.Cl. The third-order valence-corrected chi connectivity index (χ3v) is 5.11. The van der Waals surface area contributed by atoms with Crippen LogP contribution in [0.3, 0.4) is 0 Å². The average molecular weight is 347 g/mol. The summed E-state index contributed by atoms with van der Waals surface area (Å²) in [6.07, 6.45) is 6.11. The normalized spacial score (nSPS) is 22.7. The lowest BCUT2D eigenvalue weighted by Gasteiger charge is -2.36. The number of thioether (sulfide) groups is 1. The van der Waals surface area contributed by atoms with Crippen molar-refractivity contribution in [3.8, 4) is 6.07 Å². The van der Waals surface area contributed by atoms with Gasteiger partial charge in [-0.2, -0.15) is 5.26 Å². The fourth-order valence-electron chi connectivity index (χ4n) is 3.04. The van der Waals surface area contributed by atoms with Crippen molar-refractivity contribution in [3.63, 3.8) is 0 Å². The molecule has 1 saturated heterocycles. The first-order valence-electron chi connectivity index (χ1n) is 7.91. The second-order valence-electron chi connectivity index (χ2n) is 6.21. The molecule has 7 heteroatoms. The van der Waals surface area contributed by atoms with Crippen LogP contribution in [0, 0.1) is 11.3 Å². The van der Waals surface area contributed by atoms with Crippen LogP contribution in [0.15, 0.2) is 0 Å². The van der Waals surface area contributed by atoms with Crippen molar-refractivity contribution in [3.05, 3.63) is 0 Å². The second kappa shape index (κ2) is 9.61. The summed E-state index contributed by atoms with van der Waals surface area (Å²) in [5.74, 6) is 1.46. The molecule has 1 atom stereocenters. The molecule has 2 rings (SSSR count). The number of halogens is 1. The van der Waals surface area contributed by atoms with Crippen molar-refractivity contribution in [2.75, 3.05) is 18.2 Å². The van der Waals surface area contributed by atoms with Gasteiger partial charge in [-0.05, 0) is 26.7 Å². The predicted molar refractivity (Wildman–Crippen MR) is 92.7 cm³/mol. The Balaban J connectivity index is 0.00000242. The van der Waals surface area contributed by atoms with E-state index in [0.29, 0.717) is 24.5 Å². The van der Waals surface area contributed by atoms with Gasteiger partial charge in [0.05, 0.1) is 18.5 Å². The monoisotopic (exact) mass is 346 g/mol. The Morgan fingerprint density at radius 1 is 1.41 bits per heavy atom.